The molecular formula is C33H38N4O6S2. The minimum absolute atomic E-state index is 0.0744. The van der Waals surface area contributed by atoms with Crippen LogP contribution in [0.15, 0.2) is 42.5 Å². The van der Waals surface area contributed by atoms with Crippen molar-refractivity contribution in [3.8, 4) is 0 Å². The molecule has 0 fully saturated rings. The van der Waals surface area contributed by atoms with Crippen molar-refractivity contribution in [3.05, 3.63) is 78.7 Å². The molecule has 0 aliphatic carbocycles. The predicted octanol–water partition coefficient (Wildman–Crippen LogP) is 3.75. The SMILES string of the molecule is Cc1cc(C2=C(c3cc(C)sc3C)C(=O)N(CC(=O)N[C@@H](Cc3ccccc3)C(=O)N[C@@H](CCCCN)C(=O)O)C2=O)c(C)s1. The van der Waals surface area contributed by atoms with Crippen molar-refractivity contribution in [2.75, 3.05) is 13.1 Å². The van der Waals surface area contributed by atoms with Crippen LogP contribution in [0.5, 0.6) is 0 Å². The fourth-order valence-electron chi connectivity index (χ4n) is 5.44. The van der Waals surface area contributed by atoms with E-state index in [-0.39, 0.29) is 24.0 Å². The van der Waals surface area contributed by atoms with Crippen LogP contribution in [0.25, 0.3) is 11.1 Å². The molecule has 3 heterocycles. The molecule has 1 aliphatic heterocycles. The van der Waals surface area contributed by atoms with Gasteiger partial charge in [-0.2, -0.15) is 0 Å². The third-order valence-electron chi connectivity index (χ3n) is 7.59. The van der Waals surface area contributed by atoms with Gasteiger partial charge in [-0.25, -0.2) is 4.79 Å². The number of carbonyl (C=O) groups is 5. The number of imide groups is 1. The fraction of sp³-hybridized carbons (Fsp3) is 0.364. The molecule has 0 saturated heterocycles. The molecule has 0 radical (unpaired) electrons. The number of carboxylic acid groups (broad SMARTS) is 1. The predicted molar refractivity (Wildman–Crippen MR) is 176 cm³/mol. The Labute approximate surface area is 270 Å². The normalized spacial score (nSPS) is 14.6. The summed E-state index contributed by atoms with van der Waals surface area (Å²) < 4.78 is 0. The smallest absolute Gasteiger partial charge is 0.326 e. The zero-order valence-corrected chi connectivity index (χ0v) is 27.4. The fourth-order valence-corrected chi connectivity index (χ4v) is 7.30. The van der Waals surface area contributed by atoms with Gasteiger partial charge in [-0.15, -0.1) is 22.7 Å². The first-order valence-corrected chi connectivity index (χ1v) is 16.4. The molecule has 0 bridgehead atoms. The summed E-state index contributed by atoms with van der Waals surface area (Å²) in [5.41, 5.74) is 8.11. The van der Waals surface area contributed by atoms with Crippen molar-refractivity contribution < 1.29 is 29.1 Å². The third kappa shape index (κ3) is 7.94. The number of nitrogens with two attached hydrogens (primary N) is 1. The van der Waals surface area contributed by atoms with Crippen LogP contribution in [0.3, 0.4) is 0 Å². The Morgan fingerprint density at radius 2 is 1.40 bits per heavy atom. The molecule has 5 N–H and O–H groups in total. The van der Waals surface area contributed by atoms with Crippen molar-refractivity contribution in [1.82, 2.24) is 15.5 Å². The van der Waals surface area contributed by atoms with Crippen molar-refractivity contribution >= 4 is 63.4 Å². The quantitative estimate of drug-likeness (QED) is 0.153. The summed E-state index contributed by atoms with van der Waals surface area (Å²) in [4.78, 5) is 71.2. The van der Waals surface area contributed by atoms with Gasteiger partial charge in [0.15, 0.2) is 0 Å². The number of unbranched alkanes of at least 4 members (excludes halogenated alkanes) is 1. The van der Waals surface area contributed by atoms with E-state index in [1.807, 2.05) is 45.9 Å². The largest absolute Gasteiger partial charge is 0.480 e. The Bertz CT molecular complexity index is 1570. The number of benzene rings is 1. The zero-order chi connectivity index (χ0) is 32.8. The van der Waals surface area contributed by atoms with E-state index in [1.165, 1.54) is 22.7 Å². The summed E-state index contributed by atoms with van der Waals surface area (Å²) in [7, 11) is 0. The van der Waals surface area contributed by atoms with E-state index in [0.29, 0.717) is 30.5 Å². The molecule has 4 amide bonds. The van der Waals surface area contributed by atoms with Crippen LogP contribution in [0, 0.1) is 27.7 Å². The number of aliphatic carboxylic acids is 1. The van der Waals surface area contributed by atoms with Gasteiger partial charge in [0.2, 0.25) is 11.8 Å². The van der Waals surface area contributed by atoms with Crippen LogP contribution in [0.1, 0.15) is 55.5 Å². The van der Waals surface area contributed by atoms with Gasteiger partial charge < -0.3 is 21.5 Å². The molecule has 4 rings (SSSR count). The molecule has 10 nitrogen and oxygen atoms in total. The molecule has 2 atom stereocenters. The van der Waals surface area contributed by atoms with Gasteiger partial charge in [0, 0.05) is 37.1 Å². The van der Waals surface area contributed by atoms with Gasteiger partial charge >= 0.3 is 5.97 Å². The topological polar surface area (TPSA) is 159 Å². The lowest BCUT2D eigenvalue weighted by Gasteiger charge is -2.23. The summed E-state index contributed by atoms with van der Waals surface area (Å²) in [6.45, 7) is 7.44. The lowest BCUT2D eigenvalue weighted by Crippen LogP contribution is -2.54. The van der Waals surface area contributed by atoms with Gasteiger partial charge in [0.25, 0.3) is 11.8 Å². The number of nitrogens with zero attached hydrogens (tertiary/aromatic N) is 1. The monoisotopic (exact) mass is 650 g/mol. The molecule has 1 aliphatic rings. The van der Waals surface area contributed by atoms with Gasteiger partial charge in [-0.05, 0) is 71.2 Å². The highest BCUT2D eigenvalue weighted by Gasteiger charge is 2.42. The van der Waals surface area contributed by atoms with Crippen LogP contribution in [0.4, 0.5) is 0 Å². The Balaban J connectivity index is 1.59. The Hall–Kier alpha value is -4.13. The first-order valence-electron chi connectivity index (χ1n) is 14.7. The first-order chi connectivity index (χ1) is 21.4. The second-order valence-corrected chi connectivity index (χ2v) is 14.0. The van der Waals surface area contributed by atoms with E-state index < -0.39 is 48.2 Å². The van der Waals surface area contributed by atoms with Gasteiger partial charge in [0.1, 0.15) is 18.6 Å². The summed E-state index contributed by atoms with van der Waals surface area (Å²) in [6.07, 6.45) is 1.37. The summed E-state index contributed by atoms with van der Waals surface area (Å²) in [6, 6.07) is 10.4. The summed E-state index contributed by atoms with van der Waals surface area (Å²) in [5.74, 6) is -3.75. The number of rotatable bonds is 14. The molecule has 12 heteroatoms. The number of hydrogen-bond donors (Lipinski definition) is 4. The molecule has 2 aromatic heterocycles. The average molecular weight is 651 g/mol. The van der Waals surface area contributed by atoms with Crippen molar-refractivity contribution in [1.29, 1.82) is 0 Å². The Morgan fingerprint density at radius 1 is 0.844 bits per heavy atom. The zero-order valence-electron chi connectivity index (χ0n) is 25.8. The lowest BCUT2D eigenvalue weighted by molar-refractivity contribution is -0.143. The highest BCUT2D eigenvalue weighted by atomic mass is 32.1. The van der Waals surface area contributed by atoms with E-state index >= 15 is 0 Å². The summed E-state index contributed by atoms with van der Waals surface area (Å²) in [5, 5.41) is 14.9. The standard InChI is InChI=1S/C33H38N4O6S2/c1-18-14-23(20(3)44-18)28-29(24-15-19(2)45-21(24)4)32(41)37(31(28)40)17-27(38)35-26(16-22-10-6-5-7-11-22)30(39)36-25(33(42)43)12-8-9-13-34/h5-7,10-11,14-15,25-26H,8-9,12-13,16-17,34H2,1-4H3,(H,35,38)(H,36,39)(H,42,43)/t25-,26-/m0/s1. The number of thiophene rings is 2. The van der Waals surface area contributed by atoms with E-state index in [2.05, 4.69) is 10.6 Å². The van der Waals surface area contributed by atoms with Gasteiger partial charge in [-0.1, -0.05) is 30.3 Å². The van der Waals surface area contributed by atoms with E-state index in [9.17, 15) is 29.1 Å². The van der Waals surface area contributed by atoms with Crippen molar-refractivity contribution in [3.63, 3.8) is 0 Å². The second kappa shape index (κ2) is 14.8. The number of carbonyl (C=O) groups excluding carboxylic acids is 4. The number of amides is 4. The average Bonchev–Trinajstić information content (AvgIpc) is 3.58. The molecular weight excluding hydrogens is 613 g/mol. The molecule has 0 unspecified atom stereocenters. The van der Waals surface area contributed by atoms with Crippen LogP contribution in [-0.4, -0.2) is 64.8 Å². The number of aryl methyl sites for hydroxylation is 4. The van der Waals surface area contributed by atoms with Crippen LogP contribution < -0.4 is 16.4 Å². The maximum atomic E-state index is 13.9. The Morgan fingerprint density at radius 3 is 1.87 bits per heavy atom. The molecule has 0 saturated carbocycles. The maximum Gasteiger partial charge on any atom is 0.326 e. The second-order valence-electron chi connectivity index (χ2n) is 11.1. The molecule has 1 aromatic carbocycles. The van der Waals surface area contributed by atoms with E-state index in [4.69, 9.17) is 5.73 Å². The van der Waals surface area contributed by atoms with Gasteiger partial charge in [-0.3, -0.25) is 24.1 Å². The lowest BCUT2D eigenvalue weighted by atomic mass is 9.97. The van der Waals surface area contributed by atoms with Crippen LogP contribution >= 0.6 is 22.7 Å². The van der Waals surface area contributed by atoms with Crippen molar-refractivity contribution in [2.24, 2.45) is 5.73 Å². The highest BCUT2D eigenvalue weighted by molar-refractivity contribution is 7.12. The molecule has 3 aromatic rings. The number of nitrogens with one attached hydrogen (secondary N) is 2. The van der Waals surface area contributed by atoms with E-state index in [0.717, 1.165) is 30.0 Å². The highest BCUT2D eigenvalue weighted by Crippen LogP contribution is 2.41. The van der Waals surface area contributed by atoms with E-state index in [1.54, 1.807) is 24.3 Å². The third-order valence-corrected chi connectivity index (χ3v) is 9.52. The van der Waals surface area contributed by atoms with Crippen LogP contribution in [0.2, 0.25) is 0 Å². The number of hydrogen-bond acceptors (Lipinski definition) is 8. The minimum atomic E-state index is -1.19. The van der Waals surface area contributed by atoms with Gasteiger partial charge in [0.05, 0.1) is 11.1 Å². The Kier molecular flexibility index (Phi) is 11.1. The summed E-state index contributed by atoms with van der Waals surface area (Å²) >= 11 is 3.04. The first kappa shape index (κ1) is 33.8. The van der Waals surface area contributed by atoms with Crippen LogP contribution in [-0.2, 0) is 30.4 Å². The number of carboxylic acids is 1. The van der Waals surface area contributed by atoms with Crippen molar-refractivity contribution in [2.45, 2.75) is 65.5 Å². The maximum absolute atomic E-state index is 13.9. The molecule has 45 heavy (non-hydrogen) atoms. The molecule has 238 valence electrons. The minimum Gasteiger partial charge on any atom is -0.480 e. The molecule has 0 spiro atoms.